The van der Waals surface area contributed by atoms with Gasteiger partial charge in [0.2, 0.25) is 11.7 Å². The van der Waals surface area contributed by atoms with Gasteiger partial charge in [-0.2, -0.15) is 16.7 Å². The summed E-state index contributed by atoms with van der Waals surface area (Å²) in [6, 6.07) is 12.1. The summed E-state index contributed by atoms with van der Waals surface area (Å²) in [7, 11) is 1.70. The van der Waals surface area contributed by atoms with Crippen molar-refractivity contribution in [3.05, 3.63) is 70.3 Å². The number of thioether (sulfide) groups is 1. The number of hydrogen-bond donors (Lipinski definition) is 2. The van der Waals surface area contributed by atoms with E-state index in [2.05, 4.69) is 25.8 Å². The number of aromatic nitrogens is 2. The second kappa shape index (κ2) is 12.9. The smallest absolute Gasteiger partial charge is 0.228 e. The first-order chi connectivity index (χ1) is 14.6. The molecule has 6 nitrogen and oxygen atoms in total. The molecule has 0 aliphatic heterocycles. The van der Waals surface area contributed by atoms with Crippen molar-refractivity contribution in [2.75, 3.05) is 19.8 Å². The predicted octanol–water partition coefficient (Wildman–Crippen LogP) is 4.92. The Kier molecular flexibility index (Phi) is 10.6. The van der Waals surface area contributed by atoms with Crippen LogP contribution in [0.25, 0.3) is 11.4 Å². The number of halogens is 3. The van der Waals surface area contributed by atoms with Crippen molar-refractivity contribution in [2.24, 2.45) is 4.99 Å². The van der Waals surface area contributed by atoms with Crippen molar-refractivity contribution in [3.8, 4) is 11.4 Å². The minimum atomic E-state index is -0.220. The summed E-state index contributed by atoms with van der Waals surface area (Å²) in [5.74, 6) is 2.24. The highest BCUT2D eigenvalue weighted by molar-refractivity contribution is 14.0. The molecule has 1 aromatic heterocycles. The first kappa shape index (κ1) is 25.4. The average Bonchev–Trinajstić information content (AvgIpc) is 3.21. The fraction of sp³-hybridized carbons (Fsp3) is 0.286. The molecule has 0 amide bonds. The molecule has 0 radical (unpaired) electrons. The van der Waals surface area contributed by atoms with Crippen LogP contribution >= 0.6 is 47.3 Å². The molecule has 0 aliphatic carbocycles. The normalized spacial score (nSPS) is 11.2. The summed E-state index contributed by atoms with van der Waals surface area (Å²) in [5.41, 5.74) is 2.87. The van der Waals surface area contributed by atoms with Gasteiger partial charge in [0.25, 0.3) is 0 Å². The summed E-state index contributed by atoms with van der Waals surface area (Å²) in [6.45, 7) is 1.13. The van der Waals surface area contributed by atoms with Crippen molar-refractivity contribution >= 4 is 53.3 Å². The third-order valence-corrected chi connectivity index (χ3v) is 5.19. The molecule has 10 heteroatoms. The molecule has 0 unspecified atom stereocenters. The fourth-order valence-corrected chi connectivity index (χ4v) is 3.52. The van der Waals surface area contributed by atoms with Crippen LogP contribution < -0.4 is 10.6 Å². The zero-order chi connectivity index (χ0) is 21.3. The van der Waals surface area contributed by atoms with Crippen LogP contribution in [0.5, 0.6) is 0 Å². The maximum absolute atomic E-state index is 13.5. The van der Waals surface area contributed by atoms with Crippen LogP contribution in [-0.2, 0) is 18.7 Å². The number of rotatable bonds is 8. The molecular formula is C21H24ClFIN5OS. The summed E-state index contributed by atoms with van der Waals surface area (Å²) >= 11 is 7.56. The molecule has 2 aromatic carbocycles. The van der Waals surface area contributed by atoms with Crippen molar-refractivity contribution < 1.29 is 8.91 Å². The number of benzene rings is 2. The summed E-state index contributed by atoms with van der Waals surface area (Å²) in [4.78, 5) is 8.63. The largest absolute Gasteiger partial charge is 0.356 e. The lowest BCUT2D eigenvalue weighted by Gasteiger charge is -2.13. The second-order valence-electron chi connectivity index (χ2n) is 6.47. The molecule has 3 rings (SSSR count). The van der Waals surface area contributed by atoms with Crippen LogP contribution in [0, 0.1) is 5.82 Å². The van der Waals surface area contributed by atoms with Gasteiger partial charge in [0.15, 0.2) is 5.96 Å². The van der Waals surface area contributed by atoms with Crippen LogP contribution in [0.4, 0.5) is 4.39 Å². The summed E-state index contributed by atoms with van der Waals surface area (Å²) < 4.78 is 18.8. The molecule has 0 fully saturated rings. The lowest BCUT2D eigenvalue weighted by atomic mass is 10.1. The van der Waals surface area contributed by atoms with Crippen LogP contribution in [0.3, 0.4) is 0 Å². The number of nitrogens with zero attached hydrogens (tertiary/aromatic N) is 3. The van der Waals surface area contributed by atoms with Crippen molar-refractivity contribution in [2.45, 2.75) is 18.7 Å². The second-order valence-corrected chi connectivity index (χ2v) is 7.77. The lowest BCUT2D eigenvalue weighted by Crippen LogP contribution is -2.38. The quantitative estimate of drug-likeness (QED) is 0.226. The Hall–Kier alpha value is -1.85. The molecule has 0 saturated heterocycles. The monoisotopic (exact) mass is 575 g/mol. The highest BCUT2D eigenvalue weighted by Gasteiger charge is 2.09. The summed E-state index contributed by atoms with van der Waals surface area (Å²) in [5, 5.41) is 11.1. The number of guanidine groups is 1. The molecule has 3 aromatic rings. The van der Waals surface area contributed by atoms with E-state index in [0.717, 1.165) is 22.4 Å². The van der Waals surface area contributed by atoms with Gasteiger partial charge in [-0.25, -0.2) is 4.39 Å². The van der Waals surface area contributed by atoms with E-state index in [1.165, 1.54) is 6.07 Å². The van der Waals surface area contributed by atoms with Gasteiger partial charge >= 0.3 is 0 Å². The van der Waals surface area contributed by atoms with Gasteiger partial charge < -0.3 is 15.2 Å². The molecule has 0 saturated carbocycles. The molecule has 0 spiro atoms. The SMILES string of the molecule is CN=C(NCCc1nc(-c2ccc(Cl)cc2)no1)NCc1ccc(F)cc1CSC.I. The van der Waals surface area contributed by atoms with Gasteiger partial charge in [-0.1, -0.05) is 22.8 Å². The molecule has 1 heterocycles. The van der Waals surface area contributed by atoms with E-state index >= 15 is 0 Å². The standard InChI is InChI=1S/C21H23ClFN5OS.HI/c1-24-21(26-12-15-5-8-18(23)11-16(15)13-30-2)25-10-9-19-27-20(28-29-19)14-3-6-17(22)7-4-14;/h3-8,11H,9-10,12-13H2,1-2H3,(H2,24,25,26);1H. The molecule has 0 atom stereocenters. The Balaban J connectivity index is 0.00000341. The average molecular weight is 576 g/mol. The highest BCUT2D eigenvalue weighted by Crippen LogP contribution is 2.19. The highest BCUT2D eigenvalue weighted by atomic mass is 127. The molecule has 31 heavy (non-hydrogen) atoms. The van der Waals surface area contributed by atoms with Gasteiger partial charge in [0.05, 0.1) is 0 Å². The van der Waals surface area contributed by atoms with E-state index in [0.29, 0.717) is 42.2 Å². The van der Waals surface area contributed by atoms with Crippen LogP contribution in [0.15, 0.2) is 52.0 Å². The Labute approximate surface area is 207 Å². The number of hydrogen-bond acceptors (Lipinski definition) is 5. The van der Waals surface area contributed by atoms with E-state index in [1.807, 2.05) is 18.4 Å². The fourth-order valence-electron chi connectivity index (χ4n) is 2.82. The maximum Gasteiger partial charge on any atom is 0.228 e. The van der Waals surface area contributed by atoms with Crippen LogP contribution in [0.1, 0.15) is 17.0 Å². The van der Waals surface area contributed by atoms with Crippen molar-refractivity contribution in [3.63, 3.8) is 0 Å². The Bertz CT molecular complexity index is 1000. The van der Waals surface area contributed by atoms with E-state index in [1.54, 1.807) is 43.1 Å². The first-order valence-corrected chi connectivity index (χ1v) is 11.2. The van der Waals surface area contributed by atoms with Gasteiger partial charge in [0, 0.05) is 42.9 Å². The zero-order valence-electron chi connectivity index (χ0n) is 17.2. The molecule has 0 bridgehead atoms. The number of nitrogens with one attached hydrogen (secondary N) is 2. The van der Waals surface area contributed by atoms with Gasteiger partial charge in [0.1, 0.15) is 5.82 Å². The Morgan fingerprint density at radius 2 is 1.94 bits per heavy atom. The van der Waals surface area contributed by atoms with Gasteiger partial charge in [-0.15, -0.1) is 24.0 Å². The van der Waals surface area contributed by atoms with Gasteiger partial charge in [-0.05, 0) is 53.8 Å². The molecule has 0 aliphatic rings. The maximum atomic E-state index is 13.5. The Morgan fingerprint density at radius 1 is 1.16 bits per heavy atom. The van der Waals surface area contributed by atoms with Crippen LogP contribution in [-0.4, -0.2) is 35.9 Å². The lowest BCUT2D eigenvalue weighted by molar-refractivity contribution is 0.378. The van der Waals surface area contributed by atoms with Gasteiger partial charge in [-0.3, -0.25) is 4.99 Å². The third kappa shape index (κ3) is 7.65. The molecule has 2 N–H and O–H groups in total. The number of aliphatic imine (C=N–C) groups is 1. The van der Waals surface area contributed by atoms with E-state index in [9.17, 15) is 4.39 Å². The van der Waals surface area contributed by atoms with Crippen molar-refractivity contribution in [1.82, 2.24) is 20.8 Å². The van der Waals surface area contributed by atoms with E-state index < -0.39 is 0 Å². The first-order valence-electron chi connectivity index (χ1n) is 9.38. The minimum absolute atomic E-state index is 0. The van der Waals surface area contributed by atoms with Crippen LogP contribution in [0.2, 0.25) is 5.02 Å². The molecule has 166 valence electrons. The minimum Gasteiger partial charge on any atom is -0.356 e. The Morgan fingerprint density at radius 3 is 2.65 bits per heavy atom. The third-order valence-electron chi connectivity index (χ3n) is 4.34. The zero-order valence-corrected chi connectivity index (χ0v) is 21.1. The summed E-state index contributed by atoms with van der Waals surface area (Å²) in [6.07, 6.45) is 2.55. The topological polar surface area (TPSA) is 75.3 Å². The van der Waals surface area contributed by atoms with E-state index in [4.69, 9.17) is 16.1 Å². The predicted molar refractivity (Wildman–Crippen MR) is 136 cm³/mol. The van der Waals surface area contributed by atoms with E-state index in [-0.39, 0.29) is 29.8 Å². The molecular weight excluding hydrogens is 552 g/mol. The van der Waals surface area contributed by atoms with Crippen molar-refractivity contribution in [1.29, 1.82) is 0 Å².